The molecular weight excluding hydrogens is 198 g/mol. The SMILES string of the molecule is NNC(=S)Nc1ncc2ccccn12. The third kappa shape index (κ3) is 1.52. The highest BCUT2D eigenvalue weighted by molar-refractivity contribution is 7.80. The molecule has 0 aliphatic heterocycles. The molecule has 0 aromatic carbocycles. The third-order valence-electron chi connectivity index (χ3n) is 1.80. The molecule has 0 spiro atoms. The van der Waals surface area contributed by atoms with Crippen LogP contribution >= 0.6 is 12.2 Å². The summed E-state index contributed by atoms with van der Waals surface area (Å²) in [7, 11) is 0. The van der Waals surface area contributed by atoms with Crippen molar-refractivity contribution in [2.75, 3.05) is 5.32 Å². The maximum atomic E-state index is 5.14. The number of rotatable bonds is 1. The van der Waals surface area contributed by atoms with Crippen molar-refractivity contribution in [2.24, 2.45) is 5.84 Å². The number of nitrogens with two attached hydrogens (primary N) is 1. The number of pyridine rings is 1. The van der Waals surface area contributed by atoms with Crippen LogP contribution in [0.4, 0.5) is 5.95 Å². The average molecular weight is 207 g/mol. The Morgan fingerprint density at radius 1 is 1.50 bits per heavy atom. The van der Waals surface area contributed by atoms with Crippen molar-refractivity contribution in [3.63, 3.8) is 0 Å². The molecule has 0 aliphatic carbocycles. The number of hydrazine groups is 1. The topological polar surface area (TPSA) is 67.4 Å². The van der Waals surface area contributed by atoms with Crippen LogP contribution in [0.15, 0.2) is 30.6 Å². The zero-order chi connectivity index (χ0) is 9.97. The van der Waals surface area contributed by atoms with Crippen LogP contribution in [0.5, 0.6) is 0 Å². The second-order valence-corrected chi connectivity index (χ2v) is 3.08. The Labute approximate surface area is 85.9 Å². The van der Waals surface area contributed by atoms with Gasteiger partial charge in [-0.3, -0.25) is 4.40 Å². The number of thiocarbonyl (C=S) groups is 1. The third-order valence-corrected chi connectivity index (χ3v) is 2.02. The van der Waals surface area contributed by atoms with Gasteiger partial charge in [-0.1, -0.05) is 6.07 Å². The largest absolute Gasteiger partial charge is 0.301 e. The van der Waals surface area contributed by atoms with Gasteiger partial charge in [0, 0.05) is 6.20 Å². The van der Waals surface area contributed by atoms with Gasteiger partial charge in [0.1, 0.15) is 0 Å². The van der Waals surface area contributed by atoms with E-state index in [0.717, 1.165) is 5.52 Å². The van der Waals surface area contributed by atoms with Gasteiger partial charge in [-0.05, 0) is 24.4 Å². The maximum absolute atomic E-state index is 5.14. The first-order valence-electron chi connectivity index (χ1n) is 4.01. The fourth-order valence-corrected chi connectivity index (χ4v) is 1.27. The number of aromatic nitrogens is 2. The number of nitrogens with one attached hydrogen (secondary N) is 2. The molecule has 0 atom stereocenters. The highest BCUT2D eigenvalue weighted by atomic mass is 32.1. The van der Waals surface area contributed by atoms with Crippen molar-refractivity contribution >= 4 is 28.8 Å². The minimum absolute atomic E-state index is 0.335. The molecule has 14 heavy (non-hydrogen) atoms. The molecule has 0 saturated heterocycles. The average Bonchev–Trinajstić information content (AvgIpc) is 2.62. The van der Waals surface area contributed by atoms with E-state index in [9.17, 15) is 0 Å². The lowest BCUT2D eigenvalue weighted by Crippen LogP contribution is -2.34. The lowest BCUT2D eigenvalue weighted by molar-refractivity contribution is 1.03. The lowest BCUT2D eigenvalue weighted by atomic mass is 10.4. The van der Waals surface area contributed by atoms with Gasteiger partial charge < -0.3 is 10.7 Å². The van der Waals surface area contributed by atoms with Gasteiger partial charge in [0.15, 0.2) is 5.11 Å². The van der Waals surface area contributed by atoms with E-state index in [2.05, 4.69) is 15.7 Å². The monoisotopic (exact) mass is 207 g/mol. The quantitative estimate of drug-likeness (QED) is 0.361. The normalized spacial score (nSPS) is 10.1. The summed E-state index contributed by atoms with van der Waals surface area (Å²) in [6, 6.07) is 5.82. The Morgan fingerprint density at radius 2 is 2.36 bits per heavy atom. The molecule has 0 bridgehead atoms. The Morgan fingerprint density at radius 3 is 3.14 bits per heavy atom. The van der Waals surface area contributed by atoms with Crippen LogP contribution in [-0.2, 0) is 0 Å². The van der Waals surface area contributed by atoms with Crippen LogP contribution < -0.4 is 16.6 Å². The number of imidazole rings is 1. The highest BCUT2D eigenvalue weighted by Gasteiger charge is 2.02. The molecule has 0 amide bonds. The summed E-state index contributed by atoms with van der Waals surface area (Å²) in [6.07, 6.45) is 3.64. The molecule has 0 radical (unpaired) electrons. The van der Waals surface area contributed by atoms with Crippen molar-refractivity contribution in [3.8, 4) is 0 Å². The Kier molecular flexibility index (Phi) is 2.30. The van der Waals surface area contributed by atoms with E-state index in [4.69, 9.17) is 18.1 Å². The van der Waals surface area contributed by atoms with Crippen molar-refractivity contribution in [2.45, 2.75) is 0 Å². The summed E-state index contributed by atoms with van der Waals surface area (Å²) in [5.41, 5.74) is 3.33. The minimum atomic E-state index is 0.335. The van der Waals surface area contributed by atoms with E-state index < -0.39 is 0 Å². The Hall–Kier alpha value is -1.66. The summed E-state index contributed by atoms with van der Waals surface area (Å²) in [6.45, 7) is 0. The fraction of sp³-hybridized carbons (Fsp3) is 0. The minimum Gasteiger partial charge on any atom is -0.301 e. The molecule has 2 rings (SSSR count). The van der Waals surface area contributed by atoms with Crippen LogP contribution in [-0.4, -0.2) is 14.5 Å². The van der Waals surface area contributed by atoms with Crippen LogP contribution in [0.3, 0.4) is 0 Å². The zero-order valence-corrected chi connectivity index (χ0v) is 8.08. The Bertz CT molecular complexity index is 463. The first kappa shape index (κ1) is 8.92. The first-order chi connectivity index (χ1) is 6.81. The molecular formula is C8H9N5S. The van der Waals surface area contributed by atoms with Gasteiger partial charge in [-0.25, -0.2) is 10.8 Å². The second-order valence-electron chi connectivity index (χ2n) is 2.68. The lowest BCUT2D eigenvalue weighted by Gasteiger charge is -2.04. The van der Waals surface area contributed by atoms with Gasteiger partial charge in [0.25, 0.3) is 0 Å². The van der Waals surface area contributed by atoms with E-state index in [-0.39, 0.29) is 0 Å². The van der Waals surface area contributed by atoms with E-state index in [1.807, 2.05) is 28.8 Å². The van der Waals surface area contributed by atoms with E-state index >= 15 is 0 Å². The maximum Gasteiger partial charge on any atom is 0.213 e. The molecule has 6 heteroatoms. The summed E-state index contributed by atoms with van der Waals surface area (Å²) >= 11 is 4.87. The molecule has 0 fully saturated rings. The van der Waals surface area contributed by atoms with Gasteiger partial charge in [0.2, 0.25) is 5.95 Å². The zero-order valence-electron chi connectivity index (χ0n) is 7.27. The van der Waals surface area contributed by atoms with E-state index in [1.165, 1.54) is 0 Å². The van der Waals surface area contributed by atoms with Gasteiger partial charge in [-0.2, -0.15) is 0 Å². The van der Waals surface area contributed by atoms with Crippen molar-refractivity contribution < 1.29 is 0 Å². The molecule has 72 valence electrons. The van der Waals surface area contributed by atoms with Gasteiger partial charge >= 0.3 is 0 Å². The van der Waals surface area contributed by atoms with Gasteiger partial charge in [-0.15, -0.1) is 0 Å². The predicted molar refractivity (Wildman–Crippen MR) is 58.7 cm³/mol. The van der Waals surface area contributed by atoms with Crippen LogP contribution in [0.25, 0.3) is 5.52 Å². The summed E-state index contributed by atoms with van der Waals surface area (Å²) in [4.78, 5) is 4.15. The van der Waals surface area contributed by atoms with Crippen LogP contribution in [0.1, 0.15) is 0 Å². The van der Waals surface area contributed by atoms with Crippen LogP contribution in [0.2, 0.25) is 0 Å². The van der Waals surface area contributed by atoms with Gasteiger partial charge in [0.05, 0.1) is 11.7 Å². The van der Waals surface area contributed by atoms with Crippen molar-refractivity contribution in [3.05, 3.63) is 30.6 Å². The smallest absolute Gasteiger partial charge is 0.213 e. The highest BCUT2D eigenvalue weighted by Crippen LogP contribution is 2.09. The summed E-state index contributed by atoms with van der Waals surface area (Å²) in [5, 5.41) is 3.20. The number of fused-ring (bicyclic) bond motifs is 1. The number of anilines is 1. The second kappa shape index (κ2) is 3.60. The van der Waals surface area contributed by atoms with E-state index in [1.54, 1.807) is 6.20 Å². The van der Waals surface area contributed by atoms with Crippen LogP contribution in [0, 0.1) is 0 Å². The first-order valence-corrected chi connectivity index (χ1v) is 4.42. The number of nitrogens with zero attached hydrogens (tertiary/aromatic N) is 2. The number of hydrogen-bond acceptors (Lipinski definition) is 3. The van der Waals surface area contributed by atoms with Crippen molar-refractivity contribution in [1.29, 1.82) is 0 Å². The molecule has 0 saturated carbocycles. The number of hydrogen-bond donors (Lipinski definition) is 3. The Balaban J connectivity index is 2.38. The summed E-state index contributed by atoms with van der Waals surface area (Å²) in [5.74, 6) is 5.78. The predicted octanol–water partition coefficient (Wildman–Crippen LogP) is 0.494. The molecule has 5 nitrogen and oxygen atoms in total. The van der Waals surface area contributed by atoms with E-state index in [0.29, 0.717) is 11.1 Å². The molecule has 0 aliphatic rings. The van der Waals surface area contributed by atoms with Crippen molar-refractivity contribution in [1.82, 2.24) is 14.8 Å². The molecule has 0 unspecified atom stereocenters. The molecule has 2 aromatic heterocycles. The summed E-state index contributed by atoms with van der Waals surface area (Å²) < 4.78 is 1.88. The fourth-order valence-electron chi connectivity index (χ4n) is 1.17. The molecule has 2 heterocycles. The molecule has 4 N–H and O–H groups in total. The standard InChI is InChI=1S/C8H9N5S/c9-12-8(14)11-7-10-5-6-3-1-2-4-13(6)7/h1-5H,9H2,(H2,10,11,12,14). The molecule has 2 aromatic rings.